The van der Waals surface area contributed by atoms with Crippen LogP contribution in [0.15, 0.2) is 59.3 Å². The second-order valence-corrected chi connectivity index (χ2v) is 5.28. The third-order valence-corrected chi connectivity index (χ3v) is 3.67. The van der Waals surface area contributed by atoms with Crippen LogP contribution in [0, 0.1) is 0 Å². The summed E-state index contributed by atoms with van der Waals surface area (Å²) in [5.41, 5.74) is 5.77. The van der Waals surface area contributed by atoms with Gasteiger partial charge in [-0.25, -0.2) is 4.98 Å². The third kappa shape index (κ3) is 3.48. The molecule has 0 spiro atoms. The lowest BCUT2D eigenvalue weighted by molar-refractivity contribution is 0.415. The maximum atomic E-state index is 5.23. The number of benzene rings is 1. The molecule has 0 amide bonds. The van der Waals surface area contributed by atoms with Gasteiger partial charge in [0.15, 0.2) is 0 Å². The Morgan fingerprint density at radius 1 is 1.27 bits per heavy atom. The maximum absolute atomic E-state index is 5.23. The molecule has 0 aliphatic rings. The van der Waals surface area contributed by atoms with E-state index in [1.807, 2.05) is 41.8 Å². The van der Waals surface area contributed by atoms with Crippen molar-refractivity contribution in [3.8, 4) is 17.0 Å². The lowest BCUT2D eigenvalue weighted by Gasteiger charge is -2.01. The number of pyridine rings is 1. The molecule has 6 heteroatoms. The van der Waals surface area contributed by atoms with Crippen LogP contribution in [0.2, 0.25) is 0 Å². The zero-order chi connectivity index (χ0) is 15.2. The first-order valence-electron chi connectivity index (χ1n) is 6.64. The van der Waals surface area contributed by atoms with Gasteiger partial charge < -0.3 is 4.74 Å². The standard InChI is InChI=1S/C16H14N4OS/c1-21-14-6-2-5-13(8-14)15-11-22-16(19-15)20-18-10-12-4-3-7-17-9-12/h2-11H,1H3,(H,19,20)/b18-10-. The monoisotopic (exact) mass is 310 g/mol. The number of hydrogen-bond donors (Lipinski definition) is 1. The fourth-order valence-corrected chi connectivity index (χ4v) is 2.52. The fourth-order valence-electron chi connectivity index (χ4n) is 1.85. The molecule has 1 aromatic carbocycles. The van der Waals surface area contributed by atoms with E-state index in [9.17, 15) is 0 Å². The Labute approximate surface area is 132 Å². The lowest BCUT2D eigenvalue weighted by atomic mass is 10.2. The molecular weight excluding hydrogens is 296 g/mol. The van der Waals surface area contributed by atoms with Crippen molar-refractivity contribution in [1.29, 1.82) is 0 Å². The van der Waals surface area contributed by atoms with Gasteiger partial charge in [-0.3, -0.25) is 10.4 Å². The Morgan fingerprint density at radius 2 is 2.23 bits per heavy atom. The van der Waals surface area contributed by atoms with Crippen molar-refractivity contribution in [2.45, 2.75) is 0 Å². The highest BCUT2D eigenvalue weighted by molar-refractivity contribution is 7.14. The smallest absolute Gasteiger partial charge is 0.203 e. The number of ether oxygens (including phenoxy) is 1. The van der Waals surface area contributed by atoms with Crippen molar-refractivity contribution >= 4 is 22.7 Å². The zero-order valence-corrected chi connectivity index (χ0v) is 12.7. The third-order valence-electron chi connectivity index (χ3n) is 2.93. The van der Waals surface area contributed by atoms with E-state index >= 15 is 0 Å². The van der Waals surface area contributed by atoms with Crippen molar-refractivity contribution in [2.24, 2.45) is 5.10 Å². The number of thiazole rings is 1. The van der Waals surface area contributed by atoms with Gasteiger partial charge in [0.2, 0.25) is 5.13 Å². The molecule has 3 rings (SSSR count). The van der Waals surface area contributed by atoms with Crippen molar-refractivity contribution in [2.75, 3.05) is 12.5 Å². The summed E-state index contributed by atoms with van der Waals surface area (Å²) < 4.78 is 5.23. The van der Waals surface area contributed by atoms with Crippen LogP contribution in [0.1, 0.15) is 5.56 Å². The molecule has 0 aliphatic carbocycles. The van der Waals surface area contributed by atoms with Gasteiger partial charge in [-0.1, -0.05) is 18.2 Å². The van der Waals surface area contributed by atoms with Crippen molar-refractivity contribution < 1.29 is 4.74 Å². The van der Waals surface area contributed by atoms with Crippen LogP contribution in [-0.2, 0) is 0 Å². The van der Waals surface area contributed by atoms with Crippen LogP contribution >= 0.6 is 11.3 Å². The minimum Gasteiger partial charge on any atom is -0.497 e. The van der Waals surface area contributed by atoms with Crippen molar-refractivity contribution in [3.05, 3.63) is 59.7 Å². The van der Waals surface area contributed by atoms with Gasteiger partial charge in [0.1, 0.15) is 5.75 Å². The molecule has 0 aliphatic heterocycles. The van der Waals surface area contributed by atoms with Crippen LogP contribution in [-0.4, -0.2) is 23.3 Å². The van der Waals surface area contributed by atoms with Gasteiger partial charge in [-0.2, -0.15) is 5.10 Å². The Kier molecular flexibility index (Phi) is 4.41. The SMILES string of the molecule is COc1cccc(-c2csc(N/N=C\c3cccnc3)n2)c1. The normalized spacial score (nSPS) is 10.8. The molecule has 0 unspecified atom stereocenters. The van der Waals surface area contributed by atoms with E-state index in [1.54, 1.807) is 25.7 Å². The predicted octanol–water partition coefficient (Wildman–Crippen LogP) is 3.66. The van der Waals surface area contributed by atoms with Gasteiger partial charge in [0.25, 0.3) is 0 Å². The zero-order valence-electron chi connectivity index (χ0n) is 11.9. The first-order valence-corrected chi connectivity index (χ1v) is 7.52. The fraction of sp³-hybridized carbons (Fsp3) is 0.0625. The summed E-state index contributed by atoms with van der Waals surface area (Å²) in [5.74, 6) is 0.814. The van der Waals surface area contributed by atoms with Crippen LogP contribution in [0.3, 0.4) is 0 Å². The van der Waals surface area contributed by atoms with E-state index in [-0.39, 0.29) is 0 Å². The summed E-state index contributed by atoms with van der Waals surface area (Å²) in [4.78, 5) is 8.54. The molecule has 0 saturated carbocycles. The lowest BCUT2D eigenvalue weighted by Crippen LogP contribution is -1.90. The van der Waals surface area contributed by atoms with Crippen LogP contribution < -0.4 is 10.2 Å². The number of methoxy groups -OCH3 is 1. The maximum Gasteiger partial charge on any atom is 0.203 e. The predicted molar refractivity (Wildman–Crippen MR) is 89.6 cm³/mol. The largest absolute Gasteiger partial charge is 0.497 e. The highest BCUT2D eigenvalue weighted by Gasteiger charge is 2.04. The topological polar surface area (TPSA) is 59.4 Å². The van der Waals surface area contributed by atoms with Gasteiger partial charge >= 0.3 is 0 Å². The van der Waals surface area contributed by atoms with Crippen molar-refractivity contribution in [3.63, 3.8) is 0 Å². The number of nitrogens with one attached hydrogen (secondary N) is 1. The molecule has 22 heavy (non-hydrogen) atoms. The summed E-state index contributed by atoms with van der Waals surface area (Å²) in [5, 5.41) is 6.88. The van der Waals surface area contributed by atoms with Crippen molar-refractivity contribution in [1.82, 2.24) is 9.97 Å². The molecule has 2 aromatic heterocycles. The second kappa shape index (κ2) is 6.82. The average Bonchev–Trinajstić information content (AvgIpc) is 3.05. The first-order chi connectivity index (χ1) is 10.8. The van der Waals surface area contributed by atoms with Gasteiger partial charge in [0, 0.05) is 28.9 Å². The molecule has 5 nitrogen and oxygen atoms in total. The second-order valence-electron chi connectivity index (χ2n) is 4.43. The molecule has 110 valence electrons. The Morgan fingerprint density at radius 3 is 3.05 bits per heavy atom. The Balaban J connectivity index is 1.70. The van der Waals surface area contributed by atoms with Gasteiger partial charge in [0.05, 0.1) is 19.0 Å². The van der Waals surface area contributed by atoms with E-state index in [2.05, 4.69) is 20.5 Å². The van der Waals surface area contributed by atoms with Crippen LogP contribution in [0.5, 0.6) is 5.75 Å². The summed E-state index contributed by atoms with van der Waals surface area (Å²) in [6, 6.07) is 11.6. The number of rotatable bonds is 5. The van der Waals surface area contributed by atoms with E-state index in [0.717, 1.165) is 27.7 Å². The molecule has 0 radical (unpaired) electrons. The highest BCUT2D eigenvalue weighted by atomic mass is 32.1. The van der Waals surface area contributed by atoms with Gasteiger partial charge in [-0.05, 0) is 18.2 Å². The van der Waals surface area contributed by atoms with Crippen LogP contribution in [0.25, 0.3) is 11.3 Å². The van der Waals surface area contributed by atoms with E-state index < -0.39 is 0 Å². The number of aromatic nitrogens is 2. The molecule has 2 heterocycles. The van der Waals surface area contributed by atoms with E-state index in [1.165, 1.54) is 11.3 Å². The number of anilines is 1. The number of hydrazone groups is 1. The molecular formula is C16H14N4OS. The van der Waals surface area contributed by atoms with Gasteiger partial charge in [-0.15, -0.1) is 11.3 Å². The molecule has 3 aromatic rings. The Hall–Kier alpha value is -2.73. The molecule has 0 bridgehead atoms. The highest BCUT2D eigenvalue weighted by Crippen LogP contribution is 2.27. The molecule has 0 atom stereocenters. The average molecular weight is 310 g/mol. The number of nitrogens with zero attached hydrogens (tertiary/aromatic N) is 3. The molecule has 1 N–H and O–H groups in total. The quantitative estimate of drug-likeness (QED) is 0.577. The summed E-state index contributed by atoms with van der Waals surface area (Å²) in [7, 11) is 1.65. The summed E-state index contributed by atoms with van der Waals surface area (Å²) >= 11 is 1.50. The minimum atomic E-state index is 0.734. The minimum absolute atomic E-state index is 0.734. The molecule has 0 fully saturated rings. The Bertz CT molecular complexity index is 771. The van der Waals surface area contributed by atoms with Crippen LogP contribution in [0.4, 0.5) is 5.13 Å². The summed E-state index contributed by atoms with van der Waals surface area (Å²) in [6.45, 7) is 0. The van der Waals surface area contributed by atoms with E-state index in [0.29, 0.717) is 0 Å². The molecule has 0 saturated heterocycles. The summed E-state index contributed by atoms with van der Waals surface area (Å²) in [6.07, 6.45) is 5.18. The number of hydrogen-bond acceptors (Lipinski definition) is 6. The van der Waals surface area contributed by atoms with E-state index in [4.69, 9.17) is 4.74 Å². The first kappa shape index (κ1) is 14.2.